The van der Waals surface area contributed by atoms with Gasteiger partial charge in [0.25, 0.3) is 0 Å². The monoisotopic (exact) mass is 1060 g/mol. The summed E-state index contributed by atoms with van der Waals surface area (Å²) < 4.78 is 7.66. The summed E-state index contributed by atoms with van der Waals surface area (Å²) in [5.74, 6) is 0. The number of anilines is 6. The molecule has 0 spiro atoms. The molecular formula is C80H56N2O. The minimum absolute atomic E-state index is 0.647. The summed E-state index contributed by atoms with van der Waals surface area (Å²) in [6.07, 6.45) is 0. The Kier molecular flexibility index (Phi) is 12.3. The lowest BCUT2D eigenvalue weighted by atomic mass is 9.74. The summed E-state index contributed by atoms with van der Waals surface area (Å²) in [7, 11) is 0. The van der Waals surface area contributed by atoms with Crippen LogP contribution in [0.25, 0.3) is 88.7 Å². The van der Waals surface area contributed by atoms with Crippen molar-refractivity contribution in [2.75, 3.05) is 9.80 Å². The molecular weight excluding hydrogens is 1000 g/mol. The maximum Gasteiger partial charge on any atom is 0.145 e. The third-order valence-electron chi connectivity index (χ3n) is 17.0. The van der Waals surface area contributed by atoms with Crippen molar-refractivity contribution in [3.63, 3.8) is 0 Å². The van der Waals surface area contributed by atoms with E-state index in [1.165, 1.54) is 50.1 Å². The van der Waals surface area contributed by atoms with Gasteiger partial charge in [-0.3, -0.25) is 0 Å². The average Bonchev–Trinajstić information content (AvgIpc) is 2.31. The predicted molar refractivity (Wildman–Crippen MR) is 348 cm³/mol. The van der Waals surface area contributed by atoms with Crippen molar-refractivity contribution >= 4 is 56.1 Å². The van der Waals surface area contributed by atoms with Gasteiger partial charge in [0.05, 0.1) is 11.1 Å². The molecule has 13 aromatic carbocycles. The van der Waals surface area contributed by atoms with E-state index >= 15 is 0 Å². The lowest BCUT2D eigenvalue weighted by molar-refractivity contribution is 0.668. The second kappa shape index (κ2) is 20.7. The number of fused-ring (bicyclic) bond motifs is 7. The van der Waals surface area contributed by atoms with Crippen LogP contribution < -0.4 is 9.80 Å². The molecule has 0 aliphatic heterocycles. The van der Waals surface area contributed by atoms with Crippen molar-refractivity contribution in [3.05, 3.63) is 338 Å². The molecule has 0 saturated heterocycles. The van der Waals surface area contributed by atoms with Crippen molar-refractivity contribution in [3.8, 4) is 66.8 Å². The summed E-state index contributed by atoms with van der Waals surface area (Å²) in [5.41, 5.74) is 24.8. The summed E-state index contributed by atoms with van der Waals surface area (Å²) in [5, 5.41) is 2.11. The van der Waals surface area contributed by atoms with Crippen LogP contribution in [0.4, 0.5) is 34.1 Å². The fraction of sp³-hybridized carbons (Fsp3) is 0.0250. The fourth-order valence-corrected chi connectivity index (χ4v) is 12.8. The molecule has 15 rings (SSSR count). The molecule has 1 heterocycles. The van der Waals surface area contributed by atoms with Gasteiger partial charge in [0.2, 0.25) is 0 Å². The Bertz CT molecular complexity index is 4440. The van der Waals surface area contributed by atoms with Crippen LogP contribution >= 0.6 is 0 Å². The molecule has 0 bridgehead atoms. The normalized spacial score (nSPS) is 13.4. The minimum Gasteiger partial charge on any atom is -0.455 e. The first kappa shape index (κ1) is 49.3. The van der Waals surface area contributed by atoms with Crippen molar-refractivity contribution in [2.45, 2.75) is 12.3 Å². The molecule has 0 N–H and O–H groups in total. The van der Waals surface area contributed by atoms with Crippen LogP contribution in [0.3, 0.4) is 0 Å². The largest absolute Gasteiger partial charge is 0.455 e. The Hall–Kier alpha value is -10.7. The third kappa shape index (κ3) is 8.70. The zero-order valence-corrected chi connectivity index (χ0v) is 45.9. The lowest BCUT2D eigenvalue weighted by Gasteiger charge is -2.32. The van der Waals surface area contributed by atoms with E-state index in [2.05, 4.69) is 338 Å². The maximum atomic E-state index is 7.66. The van der Waals surface area contributed by atoms with Crippen molar-refractivity contribution in [1.82, 2.24) is 0 Å². The smallest absolute Gasteiger partial charge is 0.145 e. The van der Waals surface area contributed by atoms with Gasteiger partial charge >= 0.3 is 0 Å². The molecule has 1 atom stereocenters. The van der Waals surface area contributed by atoms with Gasteiger partial charge in [-0.15, -0.1) is 0 Å². The highest BCUT2D eigenvalue weighted by molar-refractivity contribution is 6.21. The van der Waals surface area contributed by atoms with E-state index in [4.69, 9.17) is 4.42 Å². The number of rotatable bonds is 12. The van der Waals surface area contributed by atoms with Gasteiger partial charge in [0, 0.05) is 50.4 Å². The van der Waals surface area contributed by atoms with Crippen molar-refractivity contribution < 1.29 is 4.42 Å². The zero-order valence-electron chi connectivity index (χ0n) is 45.9. The van der Waals surface area contributed by atoms with Gasteiger partial charge in [0.15, 0.2) is 0 Å². The molecule has 83 heavy (non-hydrogen) atoms. The standard InChI is InChI=1S/C80H56N2O/c1-80(64-31-18-7-19-32-64)73-53-69(81(65-43-35-59(36-44-65)55-21-8-2-9-22-55)66-45-37-60(38-46-66)56-23-10-3-11-24-56)51-52-71(73)76-74(80)54-75(77-72-34-20-33-70(78(72)83-79(76)77)63-29-16-6-17-30-63)82(67-47-39-61(40-48-67)57-25-12-4-13-26-57)68-49-41-62(42-50-68)58-27-14-5-15-28-58/h2-54H,1H3. The molecule has 0 saturated carbocycles. The van der Waals surface area contributed by atoms with E-state index in [9.17, 15) is 0 Å². The first-order chi connectivity index (χ1) is 41.0. The molecule has 1 aromatic heterocycles. The Morgan fingerprint density at radius 3 is 1.08 bits per heavy atom. The molecule has 1 aliphatic carbocycles. The van der Waals surface area contributed by atoms with E-state index in [1.807, 2.05) is 0 Å². The molecule has 0 amide bonds. The average molecular weight is 1060 g/mol. The Balaban J connectivity index is 0.982. The second-order valence-corrected chi connectivity index (χ2v) is 21.7. The topological polar surface area (TPSA) is 19.6 Å². The number of nitrogens with zero attached hydrogens (tertiary/aromatic N) is 2. The summed E-state index contributed by atoms with van der Waals surface area (Å²) in [4.78, 5) is 4.86. The van der Waals surface area contributed by atoms with Crippen LogP contribution in [-0.2, 0) is 5.41 Å². The highest BCUT2D eigenvalue weighted by Gasteiger charge is 2.44. The Morgan fingerprint density at radius 1 is 0.277 bits per heavy atom. The zero-order chi connectivity index (χ0) is 55.3. The van der Waals surface area contributed by atoms with Crippen LogP contribution in [0.2, 0.25) is 0 Å². The van der Waals surface area contributed by atoms with Gasteiger partial charge in [-0.2, -0.15) is 0 Å². The van der Waals surface area contributed by atoms with Gasteiger partial charge in [-0.25, -0.2) is 0 Å². The van der Waals surface area contributed by atoms with E-state index in [0.717, 1.165) is 89.4 Å². The van der Waals surface area contributed by atoms with E-state index < -0.39 is 5.41 Å². The predicted octanol–water partition coefficient (Wildman–Crippen LogP) is 22.2. The van der Waals surface area contributed by atoms with Crippen LogP contribution in [0.5, 0.6) is 0 Å². The molecule has 1 aliphatic rings. The van der Waals surface area contributed by atoms with Gasteiger partial charge in [-0.05, 0) is 146 Å². The van der Waals surface area contributed by atoms with Crippen LogP contribution in [0, 0.1) is 0 Å². The first-order valence-electron chi connectivity index (χ1n) is 28.6. The van der Waals surface area contributed by atoms with E-state index in [0.29, 0.717) is 0 Å². The molecule has 3 nitrogen and oxygen atoms in total. The molecule has 0 radical (unpaired) electrons. The minimum atomic E-state index is -0.647. The van der Waals surface area contributed by atoms with Crippen LogP contribution in [0.1, 0.15) is 23.6 Å². The SMILES string of the molecule is CC1(c2ccccc2)c2cc(N(c3ccc(-c4ccccc4)cc3)c3ccc(-c4ccccc4)cc3)ccc2-c2c1cc(N(c1ccc(-c3ccccc3)cc1)c1ccc(-c3ccccc3)cc1)c1c2oc2c(-c3ccccc3)cccc21. The lowest BCUT2D eigenvalue weighted by Crippen LogP contribution is -2.23. The van der Waals surface area contributed by atoms with E-state index in [1.54, 1.807) is 0 Å². The summed E-state index contributed by atoms with van der Waals surface area (Å²) in [6.45, 7) is 2.42. The molecule has 1 unspecified atom stereocenters. The quantitative estimate of drug-likeness (QED) is 0.122. The Labute approximate surface area is 484 Å². The summed E-state index contributed by atoms with van der Waals surface area (Å²) >= 11 is 0. The third-order valence-corrected chi connectivity index (χ3v) is 17.0. The molecule has 14 aromatic rings. The highest BCUT2D eigenvalue weighted by Crippen LogP contribution is 2.60. The number of para-hydroxylation sites is 1. The second-order valence-electron chi connectivity index (χ2n) is 21.7. The van der Waals surface area contributed by atoms with Gasteiger partial charge in [0.1, 0.15) is 11.2 Å². The van der Waals surface area contributed by atoms with E-state index in [-0.39, 0.29) is 0 Å². The number of hydrogen-bond acceptors (Lipinski definition) is 3. The fourth-order valence-electron chi connectivity index (χ4n) is 12.8. The Morgan fingerprint density at radius 2 is 0.651 bits per heavy atom. The van der Waals surface area contributed by atoms with Crippen LogP contribution in [0.15, 0.2) is 326 Å². The van der Waals surface area contributed by atoms with Crippen molar-refractivity contribution in [1.29, 1.82) is 0 Å². The molecule has 3 heteroatoms. The molecule has 0 fully saturated rings. The van der Waals surface area contributed by atoms with Crippen LogP contribution in [-0.4, -0.2) is 0 Å². The number of benzene rings is 13. The number of furan rings is 1. The maximum absolute atomic E-state index is 7.66. The van der Waals surface area contributed by atoms with Gasteiger partial charge < -0.3 is 14.2 Å². The highest BCUT2D eigenvalue weighted by atomic mass is 16.3. The van der Waals surface area contributed by atoms with Crippen molar-refractivity contribution in [2.24, 2.45) is 0 Å². The van der Waals surface area contributed by atoms with Gasteiger partial charge in [-0.1, -0.05) is 255 Å². The first-order valence-corrected chi connectivity index (χ1v) is 28.6. The molecule has 392 valence electrons. The summed E-state index contributed by atoms with van der Waals surface area (Å²) in [6, 6.07) is 117. The number of hydrogen-bond donors (Lipinski definition) is 0.